The van der Waals surface area contributed by atoms with Crippen molar-refractivity contribution in [3.05, 3.63) is 40.0 Å². The monoisotopic (exact) mass is 330 g/mol. The first-order chi connectivity index (χ1) is 9.58. The quantitative estimate of drug-likeness (QED) is 0.714. The average molecular weight is 331 g/mol. The second-order valence-electron chi connectivity index (χ2n) is 4.20. The highest BCUT2D eigenvalue weighted by Gasteiger charge is 2.16. The zero-order chi connectivity index (χ0) is 14.7. The number of hydrogen-bond acceptors (Lipinski definition) is 3. The van der Waals surface area contributed by atoms with Crippen molar-refractivity contribution in [3.8, 4) is 11.3 Å². The van der Waals surface area contributed by atoms with E-state index in [1.54, 1.807) is 6.07 Å². The van der Waals surface area contributed by atoms with Crippen LogP contribution in [0.15, 0.2) is 23.4 Å². The molecule has 0 saturated heterocycles. The third kappa shape index (κ3) is 3.08. The van der Waals surface area contributed by atoms with E-state index in [0.717, 1.165) is 23.4 Å². The van der Waals surface area contributed by atoms with Crippen molar-refractivity contribution in [3.63, 3.8) is 0 Å². The Morgan fingerprint density at radius 3 is 2.65 bits per heavy atom. The van der Waals surface area contributed by atoms with Gasteiger partial charge in [-0.25, -0.2) is 14.4 Å². The first-order valence-corrected chi connectivity index (χ1v) is 8.09. The molecule has 0 aliphatic heterocycles. The lowest BCUT2D eigenvalue weighted by Gasteiger charge is -2.10. The van der Waals surface area contributed by atoms with E-state index in [-0.39, 0.29) is 0 Å². The number of aromatic nitrogens is 2. The van der Waals surface area contributed by atoms with E-state index in [2.05, 4.69) is 9.97 Å². The molecule has 2 aromatic rings. The zero-order valence-corrected chi connectivity index (χ0v) is 13.4. The number of halogens is 3. The van der Waals surface area contributed by atoms with E-state index in [1.807, 2.05) is 13.2 Å². The van der Waals surface area contributed by atoms with Gasteiger partial charge >= 0.3 is 0 Å². The van der Waals surface area contributed by atoms with Crippen LogP contribution in [-0.4, -0.2) is 16.2 Å². The van der Waals surface area contributed by atoms with Crippen LogP contribution in [0.3, 0.4) is 0 Å². The standard InChI is InChI=1S/C14H13Cl2FN2S/c1-3-4-11-13(16)14(19-7-18-11)8-5-12(20-2)9(15)6-10(8)17/h5-7H,3-4H2,1-2H3. The lowest BCUT2D eigenvalue weighted by atomic mass is 10.1. The van der Waals surface area contributed by atoms with Crippen molar-refractivity contribution in [1.29, 1.82) is 0 Å². The second-order valence-corrected chi connectivity index (χ2v) is 5.83. The third-order valence-corrected chi connectivity index (χ3v) is 4.44. The van der Waals surface area contributed by atoms with E-state index in [1.165, 1.54) is 24.2 Å². The Hall–Kier alpha value is -0.840. The molecule has 0 atom stereocenters. The molecule has 0 aliphatic rings. The summed E-state index contributed by atoms with van der Waals surface area (Å²) in [5, 5.41) is 0.792. The van der Waals surface area contributed by atoms with Crippen LogP contribution in [0.4, 0.5) is 4.39 Å². The minimum absolute atomic E-state index is 0.350. The van der Waals surface area contributed by atoms with Crippen LogP contribution in [0.1, 0.15) is 19.0 Å². The molecule has 0 spiro atoms. The summed E-state index contributed by atoms with van der Waals surface area (Å²) >= 11 is 13.7. The predicted molar refractivity (Wildman–Crippen MR) is 83.2 cm³/mol. The van der Waals surface area contributed by atoms with Gasteiger partial charge in [0.25, 0.3) is 0 Å². The van der Waals surface area contributed by atoms with Crippen molar-refractivity contribution in [2.45, 2.75) is 24.7 Å². The Balaban J connectivity index is 2.59. The fraction of sp³-hybridized carbons (Fsp3) is 0.286. The Morgan fingerprint density at radius 1 is 1.25 bits per heavy atom. The smallest absolute Gasteiger partial charge is 0.134 e. The molecule has 0 radical (unpaired) electrons. The molecule has 106 valence electrons. The molecular formula is C14H13Cl2FN2S. The topological polar surface area (TPSA) is 25.8 Å². The molecule has 1 aromatic carbocycles. The molecule has 20 heavy (non-hydrogen) atoms. The fourth-order valence-electron chi connectivity index (χ4n) is 1.87. The molecule has 1 heterocycles. The van der Waals surface area contributed by atoms with Crippen LogP contribution in [0.2, 0.25) is 10.0 Å². The van der Waals surface area contributed by atoms with Crippen LogP contribution >= 0.6 is 35.0 Å². The summed E-state index contributed by atoms with van der Waals surface area (Å²) in [7, 11) is 0. The van der Waals surface area contributed by atoms with Gasteiger partial charge < -0.3 is 0 Å². The van der Waals surface area contributed by atoms with Gasteiger partial charge in [-0.2, -0.15) is 0 Å². The highest BCUT2D eigenvalue weighted by atomic mass is 35.5. The van der Waals surface area contributed by atoms with Gasteiger partial charge in [0.2, 0.25) is 0 Å². The Morgan fingerprint density at radius 2 is 2.00 bits per heavy atom. The molecule has 1 aromatic heterocycles. The van der Waals surface area contributed by atoms with Crippen molar-refractivity contribution < 1.29 is 4.39 Å². The number of thioether (sulfide) groups is 1. The molecule has 0 saturated carbocycles. The summed E-state index contributed by atoms with van der Waals surface area (Å²) < 4.78 is 14.1. The molecule has 6 heteroatoms. The minimum atomic E-state index is -0.434. The Labute approximate surface area is 131 Å². The van der Waals surface area contributed by atoms with E-state index in [9.17, 15) is 4.39 Å². The van der Waals surface area contributed by atoms with Crippen LogP contribution in [0.5, 0.6) is 0 Å². The molecule has 2 rings (SSSR count). The predicted octanol–water partition coefficient (Wildman–Crippen LogP) is 5.26. The Bertz CT molecular complexity index is 635. The molecule has 2 nitrogen and oxygen atoms in total. The van der Waals surface area contributed by atoms with E-state index < -0.39 is 5.82 Å². The van der Waals surface area contributed by atoms with Crippen molar-refractivity contribution >= 4 is 35.0 Å². The van der Waals surface area contributed by atoms with Gasteiger partial charge in [0.1, 0.15) is 12.1 Å². The summed E-state index contributed by atoms with van der Waals surface area (Å²) in [5.41, 5.74) is 1.50. The number of nitrogens with zero attached hydrogens (tertiary/aromatic N) is 2. The number of rotatable bonds is 4. The van der Waals surface area contributed by atoms with Gasteiger partial charge in [-0.3, -0.25) is 0 Å². The molecule has 0 aliphatic carbocycles. The van der Waals surface area contributed by atoms with Gasteiger partial charge in [-0.15, -0.1) is 11.8 Å². The van der Waals surface area contributed by atoms with E-state index >= 15 is 0 Å². The summed E-state index contributed by atoms with van der Waals surface area (Å²) in [6, 6.07) is 2.97. The molecule has 0 fully saturated rings. The van der Waals surface area contributed by atoms with Crippen molar-refractivity contribution in [2.75, 3.05) is 6.26 Å². The van der Waals surface area contributed by atoms with Crippen molar-refractivity contribution in [2.24, 2.45) is 0 Å². The summed E-state index contributed by atoms with van der Waals surface area (Å²) in [6.07, 6.45) is 4.94. The van der Waals surface area contributed by atoms with Gasteiger partial charge in [0.05, 0.1) is 21.4 Å². The van der Waals surface area contributed by atoms with Crippen molar-refractivity contribution in [1.82, 2.24) is 9.97 Å². The SMILES string of the molecule is CCCc1ncnc(-c2cc(SC)c(Cl)cc2F)c1Cl. The maximum absolute atomic E-state index is 14.1. The number of benzene rings is 1. The van der Waals surface area contributed by atoms with Gasteiger partial charge in [-0.05, 0) is 24.8 Å². The van der Waals surface area contributed by atoms with E-state index in [4.69, 9.17) is 23.2 Å². The van der Waals surface area contributed by atoms with Gasteiger partial charge in [0.15, 0.2) is 0 Å². The molecule has 0 amide bonds. The lowest BCUT2D eigenvalue weighted by molar-refractivity contribution is 0.629. The number of hydrogen-bond donors (Lipinski definition) is 0. The van der Waals surface area contributed by atoms with E-state index in [0.29, 0.717) is 21.3 Å². The van der Waals surface area contributed by atoms with Gasteiger partial charge in [0, 0.05) is 10.5 Å². The molecule has 0 bridgehead atoms. The van der Waals surface area contributed by atoms with Crippen LogP contribution in [-0.2, 0) is 6.42 Å². The first kappa shape index (κ1) is 15.5. The maximum atomic E-state index is 14.1. The third-order valence-electron chi connectivity index (χ3n) is 2.85. The second kappa shape index (κ2) is 6.74. The van der Waals surface area contributed by atoms with Crippen LogP contribution in [0, 0.1) is 5.82 Å². The summed E-state index contributed by atoms with van der Waals surface area (Å²) in [6.45, 7) is 2.03. The molecule has 0 N–H and O–H groups in total. The van der Waals surface area contributed by atoms with Crippen LogP contribution in [0.25, 0.3) is 11.3 Å². The first-order valence-electron chi connectivity index (χ1n) is 6.11. The average Bonchev–Trinajstić information content (AvgIpc) is 2.42. The van der Waals surface area contributed by atoms with Gasteiger partial charge in [-0.1, -0.05) is 36.5 Å². The van der Waals surface area contributed by atoms with Crippen LogP contribution < -0.4 is 0 Å². The zero-order valence-electron chi connectivity index (χ0n) is 11.1. The normalized spacial score (nSPS) is 10.8. The molecular weight excluding hydrogens is 318 g/mol. The largest absolute Gasteiger partial charge is 0.240 e. The highest BCUT2D eigenvalue weighted by Crippen LogP contribution is 2.35. The lowest BCUT2D eigenvalue weighted by Crippen LogP contribution is -1.97. The highest BCUT2D eigenvalue weighted by molar-refractivity contribution is 7.98. The summed E-state index contributed by atoms with van der Waals surface area (Å²) in [4.78, 5) is 9.06. The summed E-state index contributed by atoms with van der Waals surface area (Å²) in [5.74, 6) is -0.434. The molecule has 0 unspecified atom stereocenters. The maximum Gasteiger partial charge on any atom is 0.134 e. The fourth-order valence-corrected chi connectivity index (χ4v) is 3.04. The minimum Gasteiger partial charge on any atom is -0.240 e. The number of aryl methyl sites for hydroxylation is 1. The Kier molecular flexibility index (Phi) is 5.24.